The van der Waals surface area contributed by atoms with Gasteiger partial charge < -0.3 is 9.80 Å². The summed E-state index contributed by atoms with van der Waals surface area (Å²) in [7, 11) is 0. The molecular weight excluding hydrogens is 286 g/mol. The van der Waals surface area contributed by atoms with E-state index >= 15 is 0 Å². The van der Waals surface area contributed by atoms with Crippen LogP contribution in [-0.4, -0.2) is 72.5 Å². The molecule has 4 nitrogen and oxygen atoms in total. The predicted octanol–water partition coefficient (Wildman–Crippen LogP) is 3.08. The zero-order valence-corrected chi connectivity index (χ0v) is 16.2. The van der Waals surface area contributed by atoms with Crippen LogP contribution in [-0.2, 0) is 4.79 Å². The van der Waals surface area contributed by atoms with Gasteiger partial charge in [-0.2, -0.15) is 0 Å². The summed E-state index contributed by atoms with van der Waals surface area (Å²) in [6.07, 6.45) is 4.04. The van der Waals surface area contributed by atoms with E-state index in [0.717, 1.165) is 39.1 Å². The Morgan fingerprint density at radius 2 is 1.65 bits per heavy atom. The van der Waals surface area contributed by atoms with Crippen LogP contribution >= 0.6 is 0 Å². The lowest BCUT2D eigenvalue weighted by Gasteiger charge is -2.37. The van der Waals surface area contributed by atoms with Crippen LogP contribution in [0, 0.1) is 5.92 Å². The lowest BCUT2D eigenvalue weighted by Crippen LogP contribution is -2.49. The molecule has 1 heterocycles. The first-order chi connectivity index (χ1) is 11.0. The van der Waals surface area contributed by atoms with E-state index in [9.17, 15) is 4.79 Å². The van der Waals surface area contributed by atoms with E-state index in [-0.39, 0.29) is 0 Å². The molecule has 1 saturated heterocycles. The third kappa shape index (κ3) is 7.21. The second-order valence-electron chi connectivity index (χ2n) is 7.19. The number of carbonyl (C=O) groups is 1. The molecule has 1 aliphatic rings. The minimum atomic E-state index is 0.347. The number of hydrogen-bond donors (Lipinski definition) is 0. The van der Waals surface area contributed by atoms with Crippen LogP contribution in [0.2, 0.25) is 0 Å². The summed E-state index contributed by atoms with van der Waals surface area (Å²) in [6.45, 7) is 18.6. The summed E-state index contributed by atoms with van der Waals surface area (Å²) in [4.78, 5) is 19.5. The van der Waals surface area contributed by atoms with Crippen LogP contribution in [0.3, 0.4) is 0 Å². The summed E-state index contributed by atoms with van der Waals surface area (Å²) < 4.78 is 0. The van der Waals surface area contributed by atoms with Gasteiger partial charge in [0.1, 0.15) is 0 Å². The van der Waals surface area contributed by atoms with Gasteiger partial charge in [0.2, 0.25) is 5.91 Å². The van der Waals surface area contributed by atoms with Crippen molar-refractivity contribution in [2.24, 2.45) is 5.92 Å². The first kappa shape index (κ1) is 20.4. The first-order valence-corrected chi connectivity index (χ1v) is 9.75. The Balaban J connectivity index is 2.25. The van der Waals surface area contributed by atoms with Crippen LogP contribution in [0.4, 0.5) is 0 Å². The quantitative estimate of drug-likeness (QED) is 0.617. The number of nitrogens with zero attached hydrogens (tertiary/aromatic N) is 3. The molecule has 4 heteroatoms. The molecule has 1 rings (SSSR count). The molecule has 1 fully saturated rings. The van der Waals surface area contributed by atoms with Crippen molar-refractivity contribution in [1.29, 1.82) is 0 Å². The number of amides is 1. The van der Waals surface area contributed by atoms with Gasteiger partial charge in [-0.25, -0.2) is 0 Å². The van der Waals surface area contributed by atoms with Gasteiger partial charge in [0, 0.05) is 51.7 Å². The van der Waals surface area contributed by atoms with E-state index in [4.69, 9.17) is 0 Å². The molecular formula is C19H39N3O. The van der Waals surface area contributed by atoms with Crippen LogP contribution < -0.4 is 0 Å². The van der Waals surface area contributed by atoms with Crippen molar-refractivity contribution < 1.29 is 4.79 Å². The predicted molar refractivity (Wildman–Crippen MR) is 98.7 cm³/mol. The molecule has 0 aliphatic carbocycles. The molecule has 1 amide bonds. The molecule has 1 aliphatic heterocycles. The highest BCUT2D eigenvalue weighted by molar-refractivity contribution is 5.76. The molecule has 0 aromatic rings. The largest absolute Gasteiger partial charge is 0.343 e. The molecule has 0 unspecified atom stereocenters. The minimum Gasteiger partial charge on any atom is -0.343 e. The number of carbonyl (C=O) groups excluding carboxylic acids is 1. The number of rotatable bonds is 10. The Hall–Kier alpha value is -0.610. The lowest BCUT2D eigenvalue weighted by molar-refractivity contribution is -0.131. The van der Waals surface area contributed by atoms with Gasteiger partial charge >= 0.3 is 0 Å². The van der Waals surface area contributed by atoms with Crippen molar-refractivity contribution in [2.75, 3.05) is 45.8 Å². The van der Waals surface area contributed by atoms with Crippen molar-refractivity contribution >= 4 is 5.91 Å². The highest BCUT2D eigenvalue weighted by Crippen LogP contribution is 2.12. The van der Waals surface area contributed by atoms with Crippen molar-refractivity contribution in [2.45, 2.75) is 66.3 Å². The van der Waals surface area contributed by atoms with Crippen LogP contribution in [0.25, 0.3) is 0 Å². The molecule has 23 heavy (non-hydrogen) atoms. The van der Waals surface area contributed by atoms with Gasteiger partial charge in [-0.1, -0.05) is 26.7 Å². The first-order valence-electron chi connectivity index (χ1n) is 9.75. The molecule has 136 valence electrons. The van der Waals surface area contributed by atoms with E-state index in [2.05, 4.69) is 49.3 Å². The molecule has 0 saturated carbocycles. The van der Waals surface area contributed by atoms with Crippen LogP contribution in [0.15, 0.2) is 0 Å². The van der Waals surface area contributed by atoms with Crippen LogP contribution in [0.5, 0.6) is 0 Å². The maximum Gasteiger partial charge on any atom is 0.222 e. The molecule has 0 aromatic carbocycles. The van der Waals surface area contributed by atoms with Crippen molar-refractivity contribution in [1.82, 2.24) is 14.7 Å². The highest BCUT2D eigenvalue weighted by atomic mass is 16.2. The topological polar surface area (TPSA) is 26.8 Å². The zero-order valence-electron chi connectivity index (χ0n) is 16.2. The van der Waals surface area contributed by atoms with E-state index in [0.29, 0.717) is 24.3 Å². The maximum absolute atomic E-state index is 12.4. The van der Waals surface area contributed by atoms with Gasteiger partial charge in [0.15, 0.2) is 0 Å². The summed E-state index contributed by atoms with van der Waals surface area (Å²) in [5, 5.41) is 0. The average Bonchev–Trinajstić information content (AvgIpc) is 2.56. The van der Waals surface area contributed by atoms with Gasteiger partial charge in [0.25, 0.3) is 0 Å². The fourth-order valence-electron chi connectivity index (χ4n) is 3.38. The lowest BCUT2D eigenvalue weighted by atomic mass is 10.0. The normalized spacial score (nSPS) is 17.2. The van der Waals surface area contributed by atoms with Gasteiger partial charge in [-0.05, 0) is 39.7 Å². The fourth-order valence-corrected chi connectivity index (χ4v) is 3.38. The molecule has 0 atom stereocenters. The number of hydrogen-bond acceptors (Lipinski definition) is 3. The average molecular weight is 326 g/mol. The van der Waals surface area contributed by atoms with Crippen LogP contribution in [0.1, 0.15) is 60.3 Å². The Bertz CT molecular complexity index is 321. The standard InChI is InChI=1S/C19H39N3O/c1-6-18(7-2)16-21(8-3)19(23)10-9-11-20-12-14-22(15-13-20)17(4)5/h17-18H,6-16H2,1-5H3. The maximum atomic E-state index is 12.4. The van der Waals surface area contributed by atoms with Gasteiger partial charge in [0.05, 0.1) is 0 Å². The molecule has 0 spiro atoms. The molecule has 0 aromatic heterocycles. The van der Waals surface area contributed by atoms with E-state index < -0.39 is 0 Å². The summed E-state index contributed by atoms with van der Waals surface area (Å²) in [6, 6.07) is 0.655. The van der Waals surface area contributed by atoms with Crippen molar-refractivity contribution in [3.8, 4) is 0 Å². The van der Waals surface area contributed by atoms with E-state index in [1.807, 2.05) is 0 Å². The third-order valence-electron chi connectivity index (χ3n) is 5.37. The Kier molecular flexibility index (Phi) is 9.80. The summed E-state index contributed by atoms with van der Waals surface area (Å²) in [5.74, 6) is 1.00. The third-order valence-corrected chi connectivity index (χ3v) is 5.37. The van der Waals surface area contributed by atoms with Crippen molar-refractivity contribution in [3.05, 3.63) is 0 Å². The van der Waals surface area contributed by atoms with Crippen molar-refractivity contribution in [3.63, 3.8) is 0 Å². The SMILES string of the molecule is CCC(CC)CN(CC)C(=O)CCCN1CCN(C(C)C)CC1. The smallest absolute Gasteiger partial charge is 0.222 e. The fraction of sp³-hybridized carbons (Fsp3) is 0.947. The van der Waals surface area contributed by atoms with E-state index in [1.54, 1.807) is 0 Å². The number of piperazine rings is 1. The monoisotopic (exact) mass is 325 g/mol. The summed E-state index contributed by atoms with van der Waals surface area (Å²) in [5.41, 5.74) is 0. The molecule has 0 N–H and O–H groups in total. The van der Waals surface area contributed by atoms with Gasteiger partial charge in [-0.15, -0.1) is 0 Å². The summed E-state index contributed by atoms with van der Waals surface area (Å²) >= 11 is 0. The van der Waals surface area contributed by atoms with Gasteiger partial charge in [-0.3, -0.25) is 9.69 Å². The Morgan fingerprint density at radius 1 is 1.04 bits per heavy atom. The highest BCUT2D eigenvalue weighted by Gasteiger charge is 2.19. The van der Waals surface area contributed by atoms with E-state index in [1.165, 1.54) is 25.9 Å². The second-order valence-corrected chi connectivity index (χ2v) is 7.19. The molecule has 0 bridgehead atoms. The zero-order chi connectivity index (χ0) is 17.2. The Labute approximate surface area is 144 Å². The Morgan fingerprint density at radius 3 is 2.13 bits per heavy atom. The second kappa shape index (κ2) is 11.0. The minimum absolute atomic E-state index is 0.347. The molecule has 0 radical (unpaired) electrons.